The molecule has 0 spiro atoms. The Morgan fingerprint density at radius 3 is 2.08 bits per heavy atom. The molecule has 0 aromatic heterocycles. The Bertz CT molecular complexity index is 1400. The van der Waals surface area contributed by atoms with E-state index in [9.17, 15) is 17.6 Å². The zero-order valence-electron chi connectivity index (χ0n) is 19.9. The largest absolute Gasteiger partial charge is 0.369 e. The molecule has 1 amide bonds. The number of sulfonamides is 1. The minimum atomic E-state index is -3.81. The quantitative estimate of drug-likeness (QED) is 0.511. The summed E-state index contributed by atoms with van der Waals surface area (Å²) in [7, 11) is -3.81. The average Bonchev–Trinajstić information content (AvgIpc) is 3.17. The summed E-state index contributed by atoms with van der Waals surface area (Å²) in [4.78, 5) is 20.2. The Morgan fingerprint density at radius 2 is 1.54 bits per heavy atom. The van der Waals surface area contributed by atoms with Gasteiger partial charge in [0.2, 0.25) is 10.0 Å². The third-order valence-corrected chi connectivity index (χ3v) is 9.22. The number of piperidine rings is 1. The Kier molecular flexibility index (Phi) is 6.78. The second-order valence-electron chi connectivity index (χ2n) is 9.25. The molecule has 1 fully saturated rings. The number of benzene rings is 3. The van der Waals surface area contributed by atoms with Crippen LogP contribution in [0, 0.1) is 11.7 Å². The summed E-state index contributed by atoms with van der Waals surface area (Å²) in [5.41, 5.74) is 6.54. The number of guanidine groups is 1. The number of amides is 1. The number of carbonyl (C=O) groups excluding carboxylic acids is 1. The highest BCUT2D eigenvalue weighted by atomic mass is 35.5. The SMILES string of the molecule is NC1=NC(c2ccccc2)(c2ccccc2)C(=O)N1CC1CCN(S(=O)(=O)c2ccc(F)c(Cl)c2)CC1. The molecule has 5 rings (SSSR count). The highest BCUT2D eigenvalue weighted by Crippen LogP contribution is 2.40. The molecule has 2 N–H and O–H groups in total. The van der Waals surface area contributed by atoms with Gasteiger partial charge in [-0.2, -0.15) is 4.31 Å². The van der Waals surface area contributed by atoms with E-state index in [2.05, 4.69) is 0 Å². The summed E-state index contributed by atoms with van der Waals surface area (Å²) in [5.74, 6) is -0.716. The van der Waals surface area contributed by atoms with Gasteiger partial charge in [0.25, 0.3) is 5.91 Å². The summed E-state index contributed by atoms with van der Waals surface area (Å²) in [6.45, 7) is 0.874. The first-order valence-corrected chi connectivity index (χ1v) is 13.8. The highest BCUT2D eigenvalue weighted by molar-refractivity contribution is 7.89. The van der Waals surface area contributed by atoms with Gasteiger partial charge in [-0.25, -0.2) is 17.8 Å². The maximum Gasteiger partial charge on any atom is 0.266 e. The Balaban J connectivity index is 1.33. The molecule has 0 unspecified atom stereocenters. The van der Waals surface area contributed by atoms with Gasteiger partial charge in [-0.1, -0.05) is 72.3 Å². The monoisotopic (exact) mass is 540 g/mol. The smallest absolute Gasteiger partial charge is 0.266 e. The lowest BCUT2D eigenvalue weighted by molar-refractivity contribution is -0.130. The van der Waals surface area contributed by atoms with Gasteiger partial charge < -0.3 is 5.73 Å². The Hall–Kier alpha value is -3.27. The van der Waals surface area contributed by atoms with E-state index in [1.807, 2.05) is 60.7 Å². The third kappa shape index (κ3) is 4.52. The van der Waals surface area contributed by atoms with Gasteiger partial charge >= 0.3 is 0 Å². The molecule has 0 atom stereocenters. The van der Waals surface area contributed by atoms with Crippen LogP contribution in [0.1, 0.15) is 24.0 Å². The van der Waals surface area contributed by atoms with E-state index < -0.39 is 21.4 Å². The molecule has 1 saturated heterocycles. The molecular weight excluding hydrogens is 515 g/mol. The lowest BCUT2D eigenvalue weighted by Gasteiger charge is -2.34. The summed E-state index contributed by atoms with van der Waals surface area (Å²) >= 11 is 5.80. The van der Waals surface area contributed by atoms with Gasteiger partial charge in [0.05, 0.1) is 9.92 Å². The maximum atomic E-state index is 14.0. The topological polar surface area (TPSA) is 96.1 Å². The number of aliphatic imine (C=N–C) groups is 1. The lowest BCUT2D eigenvalue weighted by Crippen LogP contribution is -2.47. The average molecular weight is 541 g/mol. The molecule has 0 bridgehead atoms. The molecule has 3 aromatic rings. The van der Waals surface area contributed by atoms with Gasteiger partial charge in [0.1, 0.15) is 5.82 Å². The van der Waals surface area contributed by atoms with Crippen LogP contribution in [0.15, 0.2) is 88.8 Å². The van der Waals surface area contributed by atoms with E-state index in [4.69, 9.17) is 22.3 Å². The number of rotatable bonds is 6. The van der Waals surface area contributed by atoms with Crippen LogP contribution < -0.4 is 5.73 Å². The molecule has 2 aliphatic heterocycles. The van der Waals surface area contributed by atoms with Gasteiger partial charge in [-0.15, -0.1) is 0 Å². The van der Waals surface area contributed by atoms with Crippen molar-refractivity contribution >= 4 is 33.5 Å². The predicted octanol–water partition coefficient (Wildman–Crippen LogP) is 3.98. The van der Waals surface area contributed by atoms with Crippen LogP contribution in [-0.4, -0.2) is 49.1 Å². The summed E-state index contributed by atoms with van der Waals surface area (Å²) in [6, 6.07) is 22.1. The summed E-state index contributed by atoms with van der Waals surface area (Å²) in [5, 5.41) is -0.237. The molecule has 2 heterocycles. The van der Waals surface area contributed by atoms with E-state index in [0.29, 0.717) is 19.4 Å². The molecule has 10 heteroatoms. The zero-order valence-corrected chi connectivity index (χ0v) is 21.5. The second-order valence-corrected chi connectivity index (χ2v) is 11.6. The van der Waals surface area contributed by atoms with Crippen molar-refractivity contribution in [2.24, 2.45) is 16.6 Å². The van der Waals surface area contributed by atoms with Crippen LogP contribution in [0.25, 0.3) is 0 Å². The van der Waals surface area contributed by atoms with Crippen molar-refractivity contribution in [2.75, 3.05) is 19.6 Å². The van der Waals surface area contributed by atoms with E-state index >= 15 is 0 Å². The molecule has 192 valence electrons. The number of nitrogens with two attached hydrogens (primary N) is 1. The summed E-state index contributed by atoms with van der Waals surface area (Å²) < 4.78 is 41.0. The molecule has 0 saturated carbocycles. The van der Waals surface area contributed by atoms with Crippen molar-refractivity contribution < 1.29 is 17.6 Å². The van der Waals surface area contributed by atoms with Gasteiger partial charge in [0.15, 0.2) is 11.5 Å². The van der Waals surface area contributed by atoms with E-state index in [-0.39, 0.29) is 40.8 Å². The molecular formula is C27H26ClFN4O3S. The number of halogens is 2. The van der Waals surface area contributed by atoms with E-state index in [1.54, 1.807) is 0 Å². The maximum absolute atomic E-state index is 14.0. The minimum Gasteiger partial charge on any atom is -0.369 e. The molecule has 7 nitrogen and oxygen atoms in total. The van der Waals surface area contributed by atoms with Crippen molar-refractivity contribution in [1.82, 2.24) is 9.21 Å². The van der Waals surface area contributed by atoms with Crippen LogP contribution in [0.5, 0.6) is 0 Å². The fourth-order valence-corrected chi connectivity index (χ4v) is 6.78. The van der Waals surface area contributed by atoms with Crippen LogP contribution in [0.4, 0.5) is 4.39 Å². The van der Waals surface area contributed by atoms with Gasteiger partial charge in [-0.3, -0.25) is 9.69 Å². The molecule has 0 aliphatic carbocycles. The predicted molar refractivity (Wildman–Crippen MR) is 140 cm³/mol. The highest BCUT2D eigenvalue weighted by Gasteiger charge is 2.51. The first kappa shape index (κ1) is 25.4. The molecule has 37 heavy (non-hydrogen) atoms. The van der Waals surface area contributed by atoms with Crippen LogP contribution >= 0.6 is 11.6 Å². The van der Waals surface area contributed by atoms with Crippen molar-refractivity contribution in [2.45, 2.75) is 23.3 Å². The van der Waals surface area contributed by atoms with Crippen LogP contribution in [0.3, 0.4) is 0 Å². The fourth-order valence-electron chi connectivity index (χ4n) is 5.03. The van der Waals surface area contributed by atoms with Gasteiger partial charge in [0, 0.05) is 19.6 Å². The number of carbonyl (C=O) groups is 1. The summed E-state index contributed by atoms with van der Waals surface area (Å²) in [6.07, 6.45) is 1.07. The first-order chi connectivity index (χ1) is 17.7. The van der Waals surface area contributed by atoms with Gasteiger partial charge in [-0.05, 0) is 48.1 Å². The van der Waals surface area contributed by atoms with Crippen LogP contribution in [0.2, 0.25) is 5.02 Å². The van der Waals surface area contributed by atoms with E-state index in [1.165, 1.54) is 15.3 Å². The molecule has 2 aliphatic rings. The van der Waals surface area contributed by atoms with Crippen molar-refractivity contribution in [3.05, 3.63) is 101 Å². The molecule has 3 aromatic carbocycles. The minimum absolute atomic E-state index is 0.0308. The standard InChI is InChI=1S/C27H26ClFN4O3S/c28-23-17-22(11-12-24(23)29)37(35,36)32-15-13-19(14-16-32)18-33-25(34)27(31-26(33)30,20-7-3-1-4-8-20)21-9-5-2-6-10-21/h1-12,17,19H,13-16,18H2,(H2,30,31). The third-order valence-electron chi connectivity index (χ3n) is 7.04. The second kappa shape index (κ2) is 9.89. The number of nitrogens with zero attached hydrogens (tertiary/aromatic N) is 3. The lowest BCUT2D eigenvalue weighted by atomic mass is 9.82. The number of hydrogen-bond acceptors (Lipinski definition) is 5. The first-order valence-electron chi connectivity index (χ1n) is 12.0. The van der Waals surface area contributed by atoms with Crippen molar-refractivity contribution in [1.29, 1.82) is 0 Å². The van der Waals surface area contributed by atoms with Crippen LogP contribution in [-0.2, 0) is 20.4 Å². The fraction of sp³-hybridized carbons (Fsp3) is 0.259. The number of hydrogen-bond donors (Lipinski definition) is 1. The normalized spacial score (nSPS) is 18.7. The Morgan fingerprint density at radius 1 is 0.973 bits per heavy atom. The van der Waals surface area contributed by atoms with Crippen molar-refractivity contribution in [3.8, 4) is 0 Å². The zero-order chi connectivity index (χ0) is 26.2. The molecule has 0 radical (unpaired) electrons. The van der Waals surface area contributed by atoms with Crippen molar-refractivity contribution in [3.63, 3.8) is 0 Å². The van der Waals surface area contributed by atoms with E-state index in [0.717, 1.165) is 23.3 Å². The Labute approximate surface area is 220 Å².